The Kier molecular flexibility index (Phi) is 4.38. The van der Waals surface area contributed by atoms with Crippen molar-refractivity contribution in [2.75, 3.05) is 6.61 Å². The number of rotatable bonds is 5. The van der Waals surface area contributed by atoms with Crippen molar-refractivity contribution in [3.8, 4) is 5.75 Å². The van der Waals surface area contributed by atoms with Gasteiger partial charge in [-0.2, -0.15) is 5.10 Å². The van der Waals surface area contributed by atoms with Crippen LogP contribution >= 0.6 is 0 Å². The fourth-order valence-electron chi connectivity index (χ4n) is 3.08. The average Bonchev–Trinajstić information content (AvgIpc) is 3.24. The first-order valence-electron chi connectivity index (χ1n) is 8.69. The Bertz CT molecular complexity index is 1150. The fourth-order valence-corrected chi connectivity index (χ4v) is 3.08. The van der Waals surface area contributed by atoms with Crippen molar-refractivity contribution in [2.24, 2.45) is 12.1 Å². The van der Waals surface area contributed by atoms with Crippen LogP contribution < -0.4 is 10.2 Å². The number of nitrogens with one attached hydrogen (secondary N) is 1. The number of carbonyl (C=O) groups excluding carboxylic acids is 1. The molecule has 0 fully saturated rings. The van der Waals surface area contributed by atoms with Gasteiger partial charge in [0, 0.05) is 35.1 Å². The lowest BCUT2D eigenvalue weighted by atomic mass is 10.2. The molecule has 0 saturated heterocycles. The predicted molar refractivity (Wildman–Crippen MR) is 105 cm³/mol. The molecule has 1 amide bonds. The molecule has 2 aromatic carbocycles. The highest BCUT2D eigenvalue weighted by Gasteiger charge is 2.12. The summed E-state index contributed by atoms with van der Waals surface area (Å²) in [6.07, 6.45) is 3.60. The first-order chi connectivity index (χ1) is 13.2. The molecule has 27 heavy (non-hydrogen) atoms. The molecule has 0 spiro atoms. The topological polar surface area (TPSA) is 68.8 Å². The molecule has 4 rings (SSSR count). The molecule has 6 heteroatoms. The number of fused-ring (bicyclic) bond motifs is 2. The van der Waals surface area contributed by atoms with Crippen LogP contribution in [-0.2, 0) is 7.05 Å². The van der Waals surface area contributed by atoms with Gasteiger partial charge in [0.15, 0.2) is 5.76 Å². The number of nitrogens with zero attached hydrogens (tertiary/aromatic N) is 2. The third kappa shape index (κ3) is 3.29. The van der Waals surface area contributed by atoms with Gasteiger partial charge in [-0.1, -0.05) is 18.2 Å². The van der Waals surface area contributed by atoms with E-state index in [0.29, 0.717) is 12.2 Å². The number of furan rings is 1. The number of carbonyl (C=O) groups is 1. The van der Waals surface area contributed by atoms with Gasteiger partial charge in [-0.25, -0.2) is 5.43 Å². The zero-order valence-electron chi connectivity index (χ0n) is 15.1. The van der Waals surface area contributed by atoms with E-state index in [2.05, 4.69) is 10.5 Å². The van der Waals surface area contributed by atoms with E-state index in [1.807, 2.05) is 61.1 Å². The molecule has 1 N–H and O–H groups in total. The van der Waals surface area contributed by atoms with E-state index >= 15 is 0 Å². The van der Waals surface area contributed by atoms with Gasteiger partial charge in [-0.15, -0.1) is 0 Å². The van der Waals surface area contributed by atoms with Gasteiger partial charge in [-0.3, -0.25) is 4.79 Å². The second-order valence-corrected chi connectivity index (χ2v) is 6.15. The number of para-hydroxylation sites is 1. The normalized spacial score (nSPS) is 11.5. The predicted octanol–water partition coefficient (Wildman–Crippen LogP) is 4.09. The lowest BCUT2D eigenvalue weighted by molar-refractivity contribution is 0.0929. The minimum atomic E-state index is -0.402. The van der Waals surface area contributed by atoms with Crippen molar-refractivity contribution in [1.29, 1.82) is 0 Å². The third-order valence-corrected chi connectivity index (χ3v) is 4.32. The Morgan fingerprint density at radius 3 is 2.96 bits per heavy atom. The molecular weight excluding hydrogens is 342 g/mol. The van der Waals surface area contributed by atoms with Crippen LogP contribution in [-0.4, -0.2) is 23.3 Å². The third-order valence-electron chi connectivity index (χ3n) is 4.32. The Morgan fingerprint density at radius 2 is 2.11 bits per heavy atom. The molecular formula is C21H19N3O3. The number of amides is 1. The molecule has 0 saturated carbocycles. The summed E-state index contributed by atoms with van der Waals surface area (Å²) in [7, 11) is 1.98. The quantitative estimate of drug-likeness (QED) is 0.430. The summed E-state index contributed by atoms with van der Waals surface area (Å²) in [5, 5.41) is 5.96. The van der Waals surface area contributed by atoms with Crippen LogP contribution in [0.25, 0.3) is 21.9 Å². The molecule has 136 valence electrons. The first-order valence-corrected chi connectivity index (χ1v) is 8.69. The minimum Gasteiger partial charge on any atom is -0.494 e. The van der Waals surface area contributed by atoms with Crippen molar-refractivity contribution >= 4 is 34.0 Å². The maximum absolute atomic E-state index is 12.3. The van der Waals surface area contributed by atoms with Gasteiger partial charge in [0.05, 0.1) is 12.8 Å². The molecule has 0 aliphatic carbocycles. The van der Waals surface area contributed by atoms with Crippen LogP contribution in [0.4, 0.5) is 0 Å². The van der Waals surface area contributed by atoms with E-state index < -0.39 is 5.91 Å². The van der Waals surface area contributed by atoms with Crippen LogP contribution in [0.3, 0.4) is 0 Å². The van der Waals surface area contributed by atoms with Gasteiger partial charge >= 0.3 is 5.91 Å². The smallest absolute Gasteiger partial charge is 0.307 e. The van der Waals surface area contributed by atoms with Gasteiger partial charge < -0.3 is 13.7 Å². The molecule has 4 aromatic rings. The maximum atomic E-state index is 12.3. The van der Waals surface area contributed by atoms with Crippen LogP contribution in [0.5, 0.6) is 5.75 Å². The number of hydrogen-bond donors (Lipinski definition) is 1. The molecule has 0 unspecified atom stereocenters. The summed E-state index contributed by atoms with van der Waals surface area (Å²) in [6.45, 7) is 2.51. The molecule has 0 bridgehead atoms. The molecule has 2 aromatic heterocycles. The van der Waals surface area contributed by atoms with Crippen molar-refractivity contribution in [1.82, 2.24) is 9.99 Å². The Labute approximate surface area is 156 Å². The van der Waals surface area contributed by atoms with E-state index in [1.165, 1.54) is 0 Å². The van der Waals surface area contributed by atoms with Gasteiger partial charge in [0.1, 0.15) is 11.3 Å². The van der Waals surface area contributed by atoms with Crippen LogP contribution in [0.1, 0.15) is 23.0 Å². The summed E-state index contributed by atoms with van der Waals surface area (Å²) >= 11 is 0. The maximum Gasteiger partial charge on any atom is 0.307 e. The van der Waals surface area contributed by atoms with E-state index in [9.17, 15) is 4.79 Å². The zero-order valence-corrected chi connectivity index (χ0v) is 15.1. The van der Waals surface area contributed by atoms with Gasteiger partial charge in [0.2, 0.25) is 0 Å². The lowest BCUT2D eigenvalue weighted by Crippen LogP contribution is -2.16. The largest absolute Gasteiger partial charge is 0.494 e. The number of benzene rings is 2. The van der Waals surface area contributed by atoms with Crippen molar-refractivity contribution in [3.05, 3.63) is 66.1 Å². The van der Waals surface area contributed by atoms with Crippen LogP contribution in [0.15, 0.2) is 64.2 Å². The molecule has 0 aliphatic heterocycles. The Balaban J connectivity index is 1.52. The molecule has 6 nitrogen and oxygen atoms in total. The zero-order chi connectivity index (χ0) is 18.8. The van der Waals surface area contributed by atoms with E-state index in [1.54, 1.807) is 18.3 Å². The summed E-state index contributed by atoms with van der Waals surface area (Å²) < 4.78 is 13.1. The van der Waals surface area contributed by atoms with Crippen molar-refractivity contribution in [2.45, 2.75) is 6.92 Å². The van der Waals surface area contributed by atoms with Crippen molar-refractivity contribution < 1.29 is 13.9 Å². The summed E-state index contributed by atoms with van der Waals surface area (Å²) in [4.78, 5) is 12.3. The van der Waals surface area contributed by atoms with E-state index in [0.717, 1.165) is 27.6 Å². The monoisotopic (exact) mass is 361 g/mol. The number of hydrazone groups is 1. The second kappa shape index (κ2) is 6.99. The number of ether oxygens (including phenoxy) is 1. The average molecular weight is 361 g/mol. The fraction of sp³-hybridized carbons (Fsp3) is 0.143. The number of aryl methyl sites for hydroxylation is 1. The molecule has 0 atom stereocenters. The molecule has 0 aliphatic rings. The summed E-state index contributed by atoms with van der Waals surface area (Å²) in [5.41, 5.74) is 5.18. The number of hydrogen-bond acceptors (Lipinski definition) is 4. The van der Waals surface area contributed by atoms with Gasteiger partial charge in [-0.05, 0) is 37.3 Å². The summed E-state index contributed by atoms with van der Waals surface area (Å²) in [5.74, 6) is 0.543. The highest BCUT2D eigenvalue weighted by Crippen LogP contribution is 2.24. The SMILES string of the molecule is CCOc1ccc2oc(C(=O)N/N=C/c3cn(C)c4ccccc34)cc2c1. The van der Waals surface area contributed by atoms with E-state index in [4.69, 9.17) is 9.15 Å². The molecule has 2 heterocycles. The summed E-state index contributed by atoms with van der Waals surface area (Å²) in [6, 6.07) is 15.2. The highest BCUT2D eigenvalue weighted by atomic mass is 16.5. The van der Waals surface area contributed by atoms with E-state index in [-0.39, 0.29) is 5.76 Å². The van der Waals surface area contributed by atoms with Crippen LogP contribution in [0, 0.1) is 0 Å². The Hall–Kier alpha value is -3.54. The Morgan fingerprint density at radius 1 is 1.26 bits per heavy atom. The van der Waals surface area contributed by atoms with Crippen LogP contribution in [0.2, 0.25) is 0 Å². The van der Waals surface area contributed by atoms with Crippen molar-refractivity contribution in [3.63, 3.8) is 0 Å². The lowest BCUT2D eigenvalue weighted by Gasteiger charge is -2.00. The minimum absolute atomic E-state index is 0.203. The van der Waals surface area contributed by atoms with Gasteiger partial charge in [0.25, 0.3) is 0 Å². The number of aromatic nitrogens is 1. The second-order valence-electron chi connectivity index (χ2n) is 6.15. The molecule has 0 radical (unpaired) electrons. The standard InChI is InChI=1S/C21H19N3O3/c1-3-26-16-8-9-19-14(10-16)11-20(27-19)21(25)23-22-12-15-13-24(2)18-7-5-4-6-17(15)18/h4-13H,3H2,1-2H3,(H,23,25)/b22-12+. The highest BCUT2D eigenvalue weighted by molar-refractivity contribution is 6.00. The first kappa shape index (κ1) is 16.9.